The van der Waals surface area contributed by atoms with E-state index in [1.807, 2.05) is 6.07 Å². The number of nitrogens with zero attached hydrogens (tertiary/aromatic N) is 6. The Hall–Kier alpha value is -5.04. The number of pyridine rings is 2. The Morgan fingerprint density at radius 3 is 2.36 bits per heavy atom. The van der Waals surface area contributed by atoms with Crippen molar-refractivity contribution < 1.29 is 13.2 Å². The first-order valence-electron chi connectivity index (χ1n) is 10.4. The van der Waals surface area contributed by atoms with Gasteiger partial charge in [0.1, 0.15) is 35.1 Å². The summed E-state index contributed by atoms with van der Waals surface area (Å²) in [6, 6.07) is 9.64. The fraction of sp³-hybridized carbons (Fsp3) is 0.174. The highest BCUT2D eigenvalue weighted by atomic mass is 19.4. The molecule has 36 heavy (non-hydrogen) atoms. The van der Waals surface area contributed by atoms with Gasteiger partial charge in [0.2, 0.25) is 5.96 Å². The third-order valence-electron chi connectivity index (χ3n) is 5.48. The van der Waals surface area contributed by atoms with Crippen LogP contribution in [-0.2, 0) is 6.18 Å². The number of nitriles is 2. The van der Waals surface area contributed by atoms with Crippen LogP contribution < -0.4 is 27.0 Å². The lowest BCUT2D eigenvalue weighted by molar-refractivity contribution is -0.137. The summed E-state index contributed by atoms with van der Waals surface area (Å²) < 4.78 is 40.4. The van der Waals surface area contributed by atoms with Crippen molar-refractivity contribution in [2.75, 3.05) is 35.8 Å². The van der Waals surface area contributed by atoms with E-state index in [1.54, 1.807) is 44.6 Å². The molecule has 1 aromatic carbocycles. The normalized spacial score (nSPS) is 14.5. The van der Waals surface area contributed by atoms with Crippen molar-refractivity contribution in [3.8, 4) is 23.5 Å². The van der Waals surface area contributed by atoms with Crippen LogP contribution in [0, 0.1) is 22.8 Å². The van der Waals surface area contributed by atoms with Crippen molar-refractivity contribution in [2.24, 2.45) is 4.99 Å². The van der Waals surface area contributed by atoms with E-state index in [1.165, 1.54) is 4.90 Å². The Morgan fingerprint density at radius 1 is 1.08 bits per heavy atom. The van der Waals surface area contributed by atoms with E-state index >= 15 is 0 Å². The lowest BCUT2D eigenvalue weighted by Crippen LogP contribution is -2.32. The van der Waals surface area contributed by atoms with Crippen LogP contribution in [0.2, 0.25) is 0 Å². The summed E-state index contributed by atoms with van der Waals surface area (Å²) in [7, 11) is 3.21. The van der Waals surface area contributed by atoms with Gasteiger partial charge >= 0.3 is 6.18 Å². The molecule has 6 N–H and O–H groups in total. The first-order chi connectivity index (χ1) is 17.0. The summed E-state index contributed by atoms with van der Waals surface area (Å²) in [5.74, 6) is 0.389. The second kappa shape index (κ2) is 8.96. The predicted octanol–water partition coefficient (Wildman–Crippen LogP) is 3.21. The molecule has 13 heteroatoms. The number of fused-ring (bicyclic) bond motifs is 1. The summed E-state index contributed by atoms with van der Waals surface area (Å²) in [6.07, 6.45) is -2.77. The number of rotatable bonds is 3. The van der Waals surface area contributed by atoms with Crippen LogP contribution >= 0.6 is 0 Å². The number of anilines is 4. The van der Waals surface area contributed by atoms with E-state index < -0.39 is 17.8 Å². The first kappa shape index (κ1) is 24.1. The number of nitrogen functional groups attached to an aromatic ring is 2. The molecule has 3 aromatic rings. The van der Waals surface area contributed by atoms with E-state index in [-0.39, 0.29) is 40.4 Å². The van der Waals surface area contributed by atoms with Gasteiger partial charge in [0.15, 0.2) is 6.19 Å². The Labute approximate surface area is 203 Å². The average Bonchev–Trinajstić information content (AvgIpc) is 2.83. The number of nitrogens with two attached hydrogens (primary N) is 2. The van der Waals surface area contributed by atoms with Gasteiger partial charge in [0, 0.05) is 25.2 Å². The Morgan fingerprint density at radius 2 is 1.78 bits per heavy atom. The number of benzene rings is 1. The zero-order chi connectivity index (χ0) is 26.2. The number of halogens is 3. The molecule has 0 aliphatic carbocycles. The second-order valence-electron chi connectivity index (χ2n) is 8.02. The number of nitrogens with one attached hydrogen (secondary N) is 2. The maximum absolute atomic E-state index is 13.5. The molecule has 0 radical (unpaired) electrons. The van der Waals surface area contributed by atoms with Crippen molar-refractivity contribution in [3.05, 3.63) is 58.7 Å². The van der Waals surface area contributed by atoms with Crippen molar-refractivity contribution in [1.29, 1.82) is 10.5 Å². The van der Waals surface area contributed by atoms with Gasteiger partial charge in [0.25, 0.3) is 0 Å². The molecule has 0 spiro atoms. The van der Waals surface area contributed by atoms with Crippen LogP contribution in [0.5, 0.6) is 0 Å². The number of aliphatic imine (C=N–C) groups is 1. The smallest absolute Gasteiger partial charge is 0.397 e. The summed E-state index contributed by atoms with van der Waals surface area (Å²) in [5, 5.41) is 23.7. The minimum Gasteiger partial charge on any atom is -0.397 e. The highest BCUT2D eigenvalue weighted by Crippen LogP contribution is 2.41. The van der Waals surface area contributed by atoms with Crippen molar-refractivity contribution in [1.82, 2.24) is 15.3 Å². The van der Waals surface area contributed by atoms with Gasteiger partial charge in [-0.1, -0.05) is 24.3 Å². The third-order valence-corrected chi connectivity index (χ3v) is 5.48. The number of aromatic nitrogens is 2. The third kappa shape index (κ3) is 4.37. The summed E-state index contributed by atoms with van der Waals surface area (Å²) in [4.78, 5) is 14.5. The second-order valence-corrected chi connectivity index (χ2v) is 8.02. The van der Waals surface area contributed by atoms with E-state index in [9.17, 15) is 18.4 Å². The summed E-state index contributed by atoms with van der Waals surface area (Å²) >= 11 is 0. The molecule has 2 aromatic heterocycles. The van der Waals surface area contributed by atoms with Gasteiger partial charge in [-0.3, -0.25) is 5.32 Å². The molecule has 1 unspecified atom stereocenters. The summed E-state index contributed by atoms with van der Waals surface area (Å²) in [6.45, 7) is 0. The predicted molar refractivity (Wildman–Crippen MR) is 128 cm³/mol. The SMILES string of the molecule is CN(C)c1cc(C(F)(F)F)cc(-c2ccc(C3N=C(NC#N)Nc4nc(N)c(C#N)c(N)c43)cc2)n1. The minimum atomic E-state index is -4.54. The van der Waals surface area contributed by atoms with Crippen molar-refractivity contribution >= 4 is 29.1 Å². The van der Waals surface area contributed by atoms with Crippen LogP contribution in [0.4, 0.5) is 36.3 Å². The largest absolute Gasteiger partial charge is 0.416 e. The minimum absolute atomic E-state index is 0.00607. The summed E-state index contributed by atoms with van der Waals surface area (Å²) in [5.41, 5.74) is 12.9. The zero-order valence-corrected chi connectivity index (χ0v) is 19.0. The molecule has 10 nitrogen and oxygen atoms in total. The molecule has 0 saturated heterocycles. The molecule has 1 aliphatic heterocycles. The van der Waals surface area contributed by atoms with Gasteiger partial charge in [0.05, 0.1) is 16.9 Å². The lowest BCUT2D eigenvalue weighted by Gasteiger charge is -2.26. The van der Waals surface area contributed by atoms with Crippen LogP contribution in [0.15, 0.2) is 41.4 Å². The molecule has 1 atom stereocenters. The topological polar surface area (TPSA) is 165 Å². The Bertz CT molecular complexity index is 1450. The number of alkyl halides is 3. The van der Waals surface area contributed by atoms with Crippen molar-refractivity contribution in [2.45, 2.75) is 12.2 Å². The molecule has 0 bridgehead atoms. The Kier molecular flexibility index (Phi) is 6.00. The van der Waals surface area contributed by atoms with Gasteiger partial charge < -0.3 is 21.7 Å². The number of hydrogen-bond donors (Lipinski definition) is 4. The fourth-order valence-electron chi connectivity index (χ4n) is 3.71. The molecular weight excluding hydrogens is 473 g/mol. The van der Waals surface area contributed by atoms with Crippen LogP contribution in [0.25, 0.3) is 11.3 Å². The van der Waals surface area contributed by atoms with E-state index in [0.717, 1.165) is 12.1 Å². The van der Waals surface area contributed by atoms with Crippen molar-refractivity contribution in [3.63, 3.8) is 0 Å². The lowest BCUT2D eigenvalue weighted by atomic mass is 9.94. The first-order valence-corrected chi connectivity index (χ1v) is 10.4. The van der Waals surface area contributed by atoms with Gasteiger partial charge in [-0.25, -0.2) is 15.0 Å². The maximum Gasteiger partial charge on any atom is 0.416 e. The molecular formula is C23H19F3N10. The van der Waals surface area contributed by atoms with E-state index in [4.69, 9.17) is 16.7 Å². The molecule has 0 saturated carbocycles. The molecule has 3 heterocycles. The van der Waals surface area contributed by atoms with E-state index in [0.29, 0.717) is 16.7 Å². The van der Waals surface area contributed by atoms with E-state index in [2.05, 4.69) is 25.6 Å². The quantitative estimate of drug-likeness (QED) is 0.317. The Balaban J connectivity index is 1.81. The molecule has 182 valence electrons. The maximum atomic E-state index is 13.5. The zero-order valence-electron chi connectivity index (χ0n) is 19.0. The highest BCUT2D eigenvalue weighted by Gasteiger charge is 2.32. The van der Waals surface area contributed by atoms with Crippen LogP contribution in [-0.4, -0.2) is 30.0 Å². The standard InChI is InChI=1S/C23H19F3N10/c1-36(2)16-8-13(23(24,25)26)7-15(32-16)11-3-5-12(6-4-11)19-17-18(29)14(9-27)20(30)34-21(17)35-22(33-19)31-10-28/h3-8,19H,1-2H3,(H6,29,30,31,33,34,35). The van der Waals surface area contributed by atoms with Crippen LogP contribution in [0.3, 0.4) is 0 Å². The van der Waals surface area contributed by atoms with Gasteiger partial charge in [-0.2, -0.15) is 23.7 Å². The molecule has 0 fully saturated rings. The highest BCUT2D eigenvalue weighted by molar-refractivity contribution is 5.98. The molecule has 1 aliphatic rings. The fourth-order valence-corrected chi connectivity index (χ4v) is 3.71. The molecule has 0 amide bonds. The van der Waals surface area contributed by atoms with Gasteiger partial charge in [-0.05, 0) is 17.7 Å². The van der Waals surface area contributed by atoms with Gasteiger partial charge in [-0.15, -0.1) is 0 Å². The molecule has 4 rings (SSSR count). The number of hydrogen-bond acceptors (Lipinski definition) is 10. The van der Waals surface area contributed by atoms with Crippen LogP contribution in [0.1, 0.15) is 28.3 Å². The average molecular weight is 492 g/mol. The monoisotopic (exact) mass is 492 g/mol. The number of guanidine groups is 1.